The fraction of sp³-hybridized carbons (Fsp3) is 0.389. The van der Waals surface area contributed by atoms with Crippen molar-refractivity contribution in [3.63, 3.8) is 0 Å². The predicted octanol–water partition coefficient (Wildman–Crippen LogP) is 3.61. The van der Waals surface area contributed by atoms with Crippen molar-refractivity contribution in [2.45, 2.75) is 31.8 Å². The third-order valence-electron chi connectivity index (χ3n) is 4.55. The lowest BCUT2D eigenvalue weighted by Crippen LogP contribution is -2.43. The van der Waals surface area contributed by atoms with Crippen molar-refractivity contribution >= 4 is 22.9 Å². The Morgan fingerprint density at radius 3 is 2.60 bits per heavy atom. The number of rotatable bonds is 6. The molecule has 1 aromatic heterocycles. The van der Waals surface area contributed by atoms with Gasteiger partial charge in [-0.15, -0.1) is 11.3 Å². The highest BCUT2D eigenvalue weighted by Gasteiger charge is 2.31. The van der Waals surface area contributed by atoms with Gasteiger partial charge < -0.3 is 5.32 Å². The third-order valence-corrected chi connectivity index (χ3v) is 5.49. The normalized spacial score (nSPS) is 17.2. The molecule has 1 aliphatic heterocycles. The van der Waals surface area contributed by atoms with Gasteiger partial charge in [0, 0.05) is 17.0 Å². The highest BCUT2D eigenvalue weighted by atomic mass is 32.1. The van der Waals surface area contributed by atoms with Gasteiger partial charge in [-0.1, -0.05) is 18.2 Å². The van der Waals surface area contributed by atoms with Crippen LogP contribution in [0.2, 0.25) is 0 Å². The molecular formula is C18H21N3O3S. The summed E-state index contributed by atoms with van der Waals surface area (Å²) in [5.41, 5.74) is -0.0632. The van der Waals surface area contributed by atoms with E-state index in [1.165, 1.54) is 17.0 Å². The zero-order valence-electron chi connectivity index (χ0n) is 14.1. The Labute approximate surface area is 150 Å². The first kappa shape index (κ1) is 17.6. The summed E-state index contributed by atoms with van der Waals surface area (Å²) in [6.45, 7) is 3.98. The van der Waals surface area contributed by atoms with E-state index in [2.05, 4.69) is 16.3 Å². The Balaban J connectivity index is 1.80. The minimum Gasteiger partial charge on any atom is -0.347 e. The van der Waals surface area contributed by atoms with Crippen LogP contribution in [-0.4, -0.2) is 34.9 Å². The first-order chi connectivity index (χ1) is 12.1. The van der Waals surface area contributed by atoms with E-state index in [1.54, 1.807) is 23.5 Å². The summed E-state index contributed by atoms with van der Waals surface area (Å²) in [5, 5.41) is 16.2. The second-order valence-corrected chi connectivity index (χ2v) is 7.22. The lowest BCUT2D eigenvalue weighted by molar-refractivity contribution is -0.385. The number of nitro groups is 1. The molecule has 1 aromatic carbocycles. The topological polar surface area (TPSA) is 75.5 Å². The fourth-order valence-electron chi connectivity index (χ4n) is 3.41. The minimum absolute atomic E-state index is 0.0919. The van der Waals surface area contributed by atoms with Crippen LogP contribution in [0.15, 0.2) is 41.8 Å². The van der Waals surface area contributed by atoms with Crippen molar-refractivity contribution in [2.75, 3.05) is 13.1 Å². The van der Waals surface area contributed by atoms with Crippen molar-refractivity contribution in [1.82, 2.24) is 10.2 Å². The van der Waals surface area contributed by atoms with E-state index in [0.29, 0.717) is 0 Å². The smallest absolute Gasteiger partial charge is 0.282 e. The molecule has 3 rings (SSSR count). The Bertz CT molecular complexity index is 742. The van der Waals surface area contributed by atoms with Gasteiger partial charge in [-0.05, 0) is 50.4 Å². The van der Waals surface area contributed by atoms with Gasteiger partial charge in [-0.25, -0.2) is 0 Å². The number of nitro benzene ring substituents is 1. The molecule has 6 nitrogen and oxygen atoms in total. The number of thiophene rings is 1. The third kappa shape index (κ3) is 3.88. The van der Waals surface area contributed by atoms with E-state index in [9.17, 15) is 14.9 Å². The standard InChI is InChI=1S/C18H21N3O3S/c1-13(17(16-9-6-12-25-16)20-10-4-5-11-20)19-18(22)14-7-2-3-8-15(14)21(23)24/h2-3,6-9,12-13,17H,4-5,10-11H2,1H3,(H,19,22). The van der Waals surface area contributed by atoms with E-state index < -0.39 is 10.8 Å². The summed E-state index contributed by atoms with van der Waals surface area (Å²) in [6, 6.07) is 10.1. The van der Waals surface area contributed by atoms with Gasteiger partial charge in [-0.3, -0.25) is 19.8 Å². The summed E-state index contributed by atoms with van der Waals surface area (Å²) in [6.07, 6.45) is 2.32. The number of hydrogen-bond donors (Lipinski definition) is 1. The van der Waals surface area contributed by atoms with Crippen LogP contribution in [-0.2, 0) is 0 Å². The lowest BCUT2D eigenvalue weighted by atomic mass is 10.1. The molecule has 2 unspecified atom stereocenters. The van der Waals surface area contributed by atoms with Crippen LogP contribution in [0.1, 0.15) is 41.0 Å². The van der Waals surface area contributed by atoms with Gasteiger partial charge in [0.25, 0.3) is 11.6 Å². The van der Waals surface area contributed by atoms with Gasteiger partial charge in [0.05, 0.1) is 11.0 Å². The predicted molar refractivity (Wildman–Crippen MR) is 97.9 cm³/mol. The lowest BCUT2D eigenvalue weighted by Gasteiger charge is -2.32. The first-order valence-corrected chi connectivity index (χ1v) is 9.27. The highest BCUT2D eigenvalue weighted by Crippen LogP contribution is 2.31. The zero-order chi connectivity index (χ0) is 17.8. The molecule has 0 bridgehead atoms. The van der Waals surface area contributed by atoms with Gasteiger partial charge in [0.15, 0.2) is 0 Å². The monoisotopic (exact) mass is 359 g/mol. The molecule has 0 radical (unpaired) electrons. The highest BCUT2D eigenvalue weighted by molar-refractivity contribution is 7.10. The number of para-hydroxylation sites is 1. The second kappa shape index (κ2) is 7.76. The van der Waals surface area contributed by atoms with Crippen LogP contribution >= 0.6 is 11.3 Å². The van der Waals surface area contributed by atoms with Crippen molar-refractivity contribution in [2.24, 2.45) is 0 Å². The van der Waals surface area contributed by atoms with E-state index in [1.807, 2.05) is 18.4 Å². The van der Waals surface area contributed by atoms with Crippen LogP contribution in [0.4, 0.5) is 5.69 Å². The van der Waals surface area contributed by atoms with Crippen LogP contribution in [0, 0.1) is 10.1 Å². The molecule has 25 heavy (non-hydrogen) atoms. The van der Waals surface area contributed by atoms with E-state index in [0.717, 1.165) is 25.9 Å². The average molecular weight is 359 g/mol. The number of carbonyl (C=O) groups is 1. The molecule has 2 atom stereocenters. The molecule has 1 fully saturated rings. The SMILES string of the molecule is CC(NC(=O)c1ccccc1[N+](=O)[O-])C(c1cccs1)N1CCCC1. The minimum atomic E-state index is -0.517. The van der Waals surface area contributed by atoms with Crippen LogP contribution < -0.4 is 5.32 Å². The van der Waals surface area contributed by atoms with Gasteiger partial charge >= 0.3 is 0 Å². The van der Waals surface area contributed by atoms with Crippen LogP contribution in [0.5, 0.6) is 0 Å². The Hall–Kier alpha value is -2.25. The molecule has 0 spiro atoms. The summed E-state index contributed by atoms with van der Waals surface area (Å²) in [5.74, 6) is -0.402. The zero-order valence-corrected chi connectivity index (χ0v) is 14.9. The molecule has 0 saturated carbocycles. The van der Waals surface area contributed by atoms with E-state index >= 15 is 0 Å². The number of benzene rings is 1. The van der Waals surface area contributed by atoms with E-state index in [-0.39, 0.29) is 23.3 Å². The molecular weight excluding hydrogens is 338 g/mol. The molecule has 0 aliphatic carbocycles. The Kier molecular flexibility index (Phi) is 5.45. The molecule has 2 aromatic rings. The number of amides is 1. The van der Waals surface area contributed by atoms with Gasteiger partial charge in [0.1, 0.15) is 5.56 Å². The molecule has 7 heteroatoms. The Morgan fingerprint density at radius 2 is 1.96 bits per heavy atom. The number of hydrogen-bond acceptors (Lipinski definition) is 5. The molecule has 1 aliphatic rings. The molecule has 1 N–H and O–H groups in total. The summed E-state index contributed by atoms with van der Waals surface area (Å²) in [7, 11) is 0. The number of carbonyl (C=O) groups excluding carboxylic acids is 1. The van der Waals surface area contributed by atoms with Gasteiger partial charge in [-0.2, -0.15) is 0 Å². The van der Waals surface area contributed by atoms with Crippen molar-refractivity contribution < 1.29 is 9.72 Å². The maximum absolute atomic E-state index is 12.6. The number of likely N-dealkylation sites (tertiary alicyclic amines) is 1. The summed E-state index contributed by atoms with van der Waals surface area (Å²) >= 11 is 1.68. The fourth-order valence-corrected chi connectivity index (χ4v) is 4.37. The quantitative estimate of drug-likeness (QED) is 0.631. The molecule has 1 saturated heterocycles. The van der Waals surface area contributed by atoms with Crippen molar-refractivity contribution in [3.8, 4) is 0 Å². The summed E-state index contributed by atoms with van der Waals surface area (Å²) in [4.78, 5) is 26.9. The van der Waals surface area contributed by atoms with Crippen LogP contribution in [0.25, 0.3) is 0 Å². The second-order valence-electron chi connectivity index (χ2n) is 6.24. The molecule has 1 amide bonds. The van der Waals surface area contributed by atoms with Crippen LogP contribution in [0.3, 0.4) is 0 Å². The summed E-state index contributed by atoms with van der Waals surface area (Å²) < 4.78 is 0. The van der Waals surface area contributed by atoms with Crippen molar-refractivity contribution in [1.29, 1.82) is 0 Å². The van der Waals surface area contributed by atoms with E-state index in [4.69, 9.17) is 0 Å². The number of nitrogens with zero attached hydrogens (tertiary/aromatic N) is 2. The van der Waals surface area contributed by atoms with Crippen molar-refractivity contribution in [3.05, 3.63) is 62.3 Å². The van der Waals surface area contributed by atoms with Gasteiger partial charge in [0.2, 0.25) is 0 Å². The molecule has 132 valence electrons. The average Bonchev–Trinajstić information content (AvgIpc) is 3.29. The largest absolute Gasteiger partial charge is 0.347 e. The first-order valence-electron chi connectivity index (χ1n) is 8.39. The maximum atomic E-state index is 12.6. The number of nitrogens with one attached hydrogen (secondary N) is 1. The maximum Gasteiger partial charge on any atom is 0.282 e. The molecule has 2 heterocycles. The Morgan fingerprint density at radius 1 is 1.24 bits per heavy atom.